The number of benzene rings is 3. The van der Waals surface area contributed by atoms with Crippen LogP contribution in [0.3, 0.4) is 0 Å². The molecule has 3 aromatic carbocycles. The molecule has 0 spiro atoms. The van der Waals surface area contributed by atoms with Gasteiger partial charge in [0.2, 0.25) is 0 Å². The normalized spacial score (nSPS) is 11.0. The highest BCUT2D eigenvalue weighted by Crippen LogP contribution is 2.25. The van der Waals surface area contributed by atoms with Crippen LogP contribution in [0.25, 0.3) is 27.9 Å². The lowest BCUT2D eigenvalue weighted by Gasteiger charge is -2.04. The van der Waals surface area contributed by atoms with Crippen molar-refractivity contribution < 1.29 is 14.1 Å². The molecule has 5 aromatic rings. The van der Waals surface area contributed by atoms with E-state index in [2.05, 4.69) is 5.16 Å². The molecule has 0 aliphatic heterocycles. The first kappa shape index (κ1) is 18.8. The van der Waals surface area contributed by atoms with Crippen molar-refractivity contribution in [1.82, 2.24) is 14.9 Å². The SMILES string of the molecule is O=C(Cc1noc2ccccc12)OCc1cn(-c2ccccc2)nc1-c1ccccc1. The molecular weight excluding hydrogens is 390 g/mol. The number of esters is 1. The van der Waals surface area contributed by atoms with Gasteiger partial charge in [-0.1, -0.05) is 65.8 Å². The van der Waals surface area contributed by atoms with Gasteiger partial charge in [-0.25, -0.2) is 4.68 Å². The molecule has 2 heterocycles. The Morgan fingerprint density at radius 1 is 0.903 bits per heavy atom. The van der Waals surface area contributed by atoms with Crippen LogP contribution in [0.5, 0.6) is 0 Å². The fourth-order valence-electron chi connectivity index (χ4n) is 3.48. The third kappa shape index (κ3) is 3.96. The van der Waals surface area contributed by atoms with Crippen LogP contribution >= 0.6 is 0 Å². The molecule has 6 heteroatoms. The van der Waals surface area contributed by atoms with Gasteiger partial charge in [-0.15, -0.1) is 0 Å². The smallest absolute Gasteiger partial charge is 0.312 e. The number of ether oxygens (including phenoxy) is 1. The van der Waals surface area contributed by atoms with Crippen molar-refractivity contribution in [3.8, 4) is 16.9 Å². The Kier molecular flexibility index (Phi) is 5.02. The number of rotatable bonds is 6. The molecule has 0 saturated carbocycles. The summed E-state index contributed by atoms with van der Waals surface area (Å²) < 4.78 is 12.7. The molecule has 0 bridgehead atoms. The summed E-state index contributed by atoms with van der Waals surface area (Å²) in [6.07, 6.45) is 1.95. The first-order valence-corrected chi connectivity index (χ1v) is 9.96. The Morgan fingerprint density at radius 3 is 2.42 bits per heavy atom. The van der Waals surface area contributed by atoms with E-state index in [0.717, 1.165) is 27.9 Å². The van der Waals surface area contributed by atoms with Gasteiger partial charge >= 0.3 is 5.97 Å². The number of para-hydroxylation sites is 2. The summed E-state index contributed by atoms with van der Waals surface area (Å²) in [4.78, 5) is 12.5. The molecule has 31 heavy (non-hydrogen) atoms. The number of aromatic nitrogens is 3. The topological polar surface area (TPSA) is 70.2 Å². The summed E-state index contributed by atoms with van der Waals surface area (Å²) in [5.74, 6) is -0.370. The van der Waals surface area contributed by atoms with Crippen LogP contribution in [0.4, 0.5) is 0 Å². The van der Waals surface area contributed by atoms with Crippen LogP contribution < -0.4 is 0 Å². The van der Waals surface area contributed by atoms with E-state index >= 15 is 0 Å². The van der Waals surface area contributed by atoms with Crippen LogP contribution in [0.15, 0.2) is 95.6 Å². The number of nitrogens with zero attached hydrogens (tertiary/aromatic N) is 3. The van der Waals surface area contributed by atoms with E-state index in [0.29, 0.717) is 11.3 Å². The molecule has 0 unspecified atom stereocenters. The van der Waals surface area contributed by atoms with Crippen molar-refractivity contribution in [2.24, 2.45) is 0 Å². The van der Waals surface area contributed by atoms with E-state index in [1.165, 1.54) is 0 Å². The van der Waals surface area contributed by atoms with Gasteiger partial charge in [-0.2, -0.15) is 5.10 Å². The van der Waals surface area contributed by atoms with Crippen LogP contribution in [-0.2, 0) is 22.6 Å². The lowest BCUT2D eigenvalue weighted by Crippen LogP contribution is -2.08. The molecular formula is C25H19N3O3. The van der Waals surface area contributed by atoms with Gasteiger partial charge in [-0.05, 0) is 24.3 Å². The van der Waals surface area contributed by atoms with E-state index in [1.54, 1.807) is 4.68 Å². The minimum atomic E-state index is -0.370. The molecule has 0 radical (unpaired) electrons. The number of hydrogen-bond acceptors (Lipinski definition) is 5. The van der Waals surface area contributed by atoms with Gasteiger partial charge in [0.15, 0.2) is 5.58 Å². The standard InChI is InChI=1S/C25H19N3O3/c29-24(15-22-21-13-7-8-14-23(21)31-27-22)30-17-19-16-28(20-11-5-2-6-12-20)26-25(19)18-9-3-1-4-10-18/h1-14,16H,15,17H2. The van der Waals surface area contributed by atoms with Gasteiger partial charge < -0.3 is 9.26 Å². The van der Waals surface area contributed by atoms with Crippen molar-refractivity contribution >= 4 is 16.9 Å². The van der Waals surface area contributed by atoms with Gasteiger partial charge in [0, 0.05) is 22.7 Å². The molecule has 0 atom stereocenters. The second kappa shape index (κ2) is 8.28. The Labute approximate surface area is 178 Å². The molecule has 0 aliphatic rings. The first-order chi connectivity index (χ1) is 15.3. The van der Waals surface area contributed by atoms with Crippen molar-refractivity contribution in [2.75, 3.05) is 0 Å². The summed E-state index contributed by atoms with van der Waals surface area (Å²) in [6.45, 7) is 0.117. The van der Waals surface area contributed by atoms with E-state index in [4.69, 9.17) is 14.4 Å². The van der Waals surface area contributed by atoms with Gasteiger partial charge in [-0.3, -0.25) is 4.79 Å². The second-order valence-corrected chi connectivity index (χ2v) is 7.11. The van der Waals surface area contributed by atoms with Crippen molar-refractivity contribution in [1.29, 1.82) is 0 Å². The molecule has 0 saturated heterocycles. The Morgan fingerprint density at radius 2 is 1.61 bits per heavy atom. The third-order valence-corrected chi connectivity index (χ3v) is 5.01. The lowest BCUT2D eigenvalue weighted by molar-refractivity contribution is -0.144. The molecule has 0 amide bonds. The molecule has 2 aromatic heterocycles. The maximum atomic E-state index is 12.5. The predicted molar refractivity (Wildman–Crippen MR) is 117 cm³/mol. The monoisotopic (exact) mass is 409 g/mol. The Balaban J connectivity index is 1.38. The molecule has 5 rings (SSSR count). The highest BCUT2D eigenvalue weighted by Gasteiger charge is 2.16. The first-order valence-electron chi connectivity index (χ1n) is 9.96. The molecule has 0 aliphatic carbocycles. The van der Waals surface area contributed by atoms with E-state index < -0.39 is 0 Å². The fraction of sp³-hybridized carbons (Fsp3) is 0.0800. The Hall–Kier alpha value is -4.19. The molecule has 152 valence electrons. The summed E-state index contributed by atoms with van der Waals surface area (Å²) in [5.41, 5.74) is 4.74. The van der Waals surface area contributed by atoms with Crippen LogP contribution in [0.1, 0.15) is 11.3 Å². The number of fused-ring (bicyclic) bond motifs is 1. The van der Waals surface area contributed by atoms with E-state index in [9.17, 15) is 4.79 Å². The largest absolute Gasteiger partial charge is 0.460 e. The summed E-state index contributed by atoms with van der Waals surface area (Å²) in [6, 6.07) is 27.2. The second-order valence-electron chi connectivity index (χ2n) is 7.11. The summed E-state index contributed by atoms with van der Waals surface area (Å²) >= 11 is 0. The highest BCUT2D eigenvalue weighted by atomic mass is 16.5. The van der Waals surface area contributed by atoms with E-state index in [-0.39, 0.29) is 19.0 Å². The zero-order valence-corrected chi connectivity index (χ0v) is 16.6. The molecule has 0 fully saturated rings. The van der Waals surface area contributed by atoms with Crippen LogP contribution in [0.2, 0.25) is 0 Å². The average Bonchev–Trinajstić information content (AvgIpc) is 3.44. The zero-order valence-electron chi connectivity index (χ0n) is 16.6. The van der Waals surface area contributed by atoms with Crippen LogP contribution in [0, 0.1) is 0 Å². The molecule has 6 nitrogen and oxygen atoms in total. The van der Waals surface area contributed by atoms with Crippen molar-refractivity contribution in [3.63, 3.8) is 0 Å². The predicted octanol–water partition coefficient (Wildman–Crippen LogP) is 4.97. The number of carbonyl (C=O) groups is 1. The van der Waals surface area contributed by atoms with Gasteiger partial charge in [0.25, 0.3) is 0 Å². The lowest BCUT2D eigenvalue weighted by atomic mass is 10.1. The maximum Gasteiger partial charge on any atom is 0.312 e. The van der Waals surface area contributed by atoms with Crippen LogP contribution in [-0.4, -0.2) is 20.9 Å². The summed E-state index contributed by atoms with van der Waals surface area (Å²) in [7, 11) is 0. The van der Waals surface area contributed by atoms with Gasteiger partial charge in [0.1, 0.15) is 12.3 Å². The number of carbonyl (C=O) groups excluding carboxylic acids is 1. The Bertz CT molecular complexity index is 1320. The zero-order chi connectivity index (χ0) is 21.0. The quantitative estimate of drug-likeness (QED) is 0.371. The minimum Gasteiger partial charge on any atom is -0.460 e. The van der Waals surface area contributed by atoms with Crippen molar-refractivity contribution in [3.05, 3.63) is 102 Å². The fourth-order valence-corrected chi connectivity index (χ4v) is 3.48. The minimum absolute atomic E-state index is 0.0461. The average molecular weight is 409 g/mol. The van der Waals surface area contributed by atoms with E-state index in [1.807, 2.05) is 91.1 Å². The van der Waals surface area contributed by atoms with Gasteiger partial charge in [0.05, 0.1) is 17.8 Å². The highest BCUT2D eigenvalue weighted by molar-refractivity contribution is 5.84. The maximum absolute atomic E-state index is 12.5. The third-order valence-electron chi connectivity index (χ3n) is 5.01. The molecule has 0 N–H and O–H groups in total. The van der Waals surface area contributed by atoms with Crippen molar-refractivity contribution in [2.45, 2.75) is 13.0 Å². The number of hydrogen-bond donors (Lipinski definition) is 0. The summed E-state index contributed by atoms with van der Waals surface area (Å²) in [5, 5.41) is 9.57.